The van der Waals surface area contributed by atoms with Gasteiger partial charge in [0, 0.05) is 5.75 Å². The molecule has 0 radical (unpaired) electrons. The maximum atomic E-state index is 10.3. The zero-order chi connectivity index (χ0) is 8.43. The number of rotatable bonds is 2. The fourth-order valence-electron chi connectivity index (χ4n) is 0.757. The van der Waals surface area contributed by atoms with Crippen LogP contribution in [0.5, 0.6) is 0 Å². The van der Waals surface area contributed by atoms with Crippen molar-refractivity contribution in [2.24, 2.45) is 0 Å². The van der Waals surface area contributed by atoms with E-state index in [1.807, 2.05) is 0 Å². The summed E-state index contributed by atoms with van der Waals surface area (Å²) in [6, 6.07) is -0.721. The molecule has 1 aliphatic rings. The zero-order valence-corrected chi connectivity index (χ0v) is 6.30. The van der Waals surface area contributed by atoms with Gasteiger partial charge in [-0.15, -0.1) is 11.8 Å². The summed E-state index contributed by atoms with van der Waals surface area (Å²) in [4.78, 5) is 20.6. The van der Waals surface area contributed by atoms with Gasteiger partial charge in [0.15, 0.2) is 5.37 Å². The molecule has 1 rings (SSSR count). The Morgan fingerprint density at radius 2 is 2.00 bits per heavy atom. The van der Waals surface area contributed by atoms with E-state index < -0.39 is 23.4 Å². The van der Waals surface area contributed by atoms with Crippen LogP contribution in [0.1, 0.15) is 0 Å². The van der Waals surface area contributed by atoms with Crippen LogP contribution in [0.2, 0.25) is 0 Å². The third kappa shape index (κ3) is 1.84. The summed E-state index contributed by atoms with van der Waals surface area (Å²) in [6.07, 6.45) is 0. The highest BCUT2D eigenvalue weighted by atomic mass is 32.2. The lowest BCUT2D eigenvalue weighted by Crippen LogP contribution is -2.39. The Labute approximate surface area is 66.8 Å². The lowest BCUT2D eigenvalue weighted by atomic mass is 10.3. The van der Waals surface area contributed by atoms with Gasteiger partial charge in [0.1, 0.15) is 6.04 Å². The Balaban J connectivity index is 2.47. The van der Waals surface area contributed by atoms with Crippen molar-refractivity contribution in [1.29, 1.82) is 0 Å². The molecule has 0 saturated carbocycles. The lowest BCUT2D eigenvalue weighted by Gasteiger charge is -2.04. The van der Waals surface area contributed by atoms with E-state index in [4.69, 9.17) is 10.2 Å². The van der Waals surface area contributed by atoms with E-state index >= 15 is 0 Å². The third-order valence-corrected chi connectivity index (χ3v) is 2.50. The lowest BCUT2D eigenvalue weighted by molar-refractivity contribution is -0.139. The van der Waals surface area contributed by atoms with Gasteiger partial charge in [0.2, 0.25) is 0 Å². The molecule has 0 aromatic rings. The van der Waals surface area contributed by atoms with Crippen LogP contribution in [-0.2, 0) is 9.59 Å². The van der Waals surface area contributed by atoms with Crippen molar-refractivity contribution < 1.29 is 19.8 Å². The van der Waals surface area contributed by atoms with E-state index in [0.717, 1.165) is 11.8 Å². The molecule has 11 heavy (non-hydrogen) atoms. The summed E-state index contributed by atoms with van der Waals surface area (Å²) in [6.45, 7) is 0. The minimum Gasteiger partial charge on any atom is -0.480 e. The predicted molar refractivity (Wildman–Crippen MR) is 38.4 cm³/mol. The van der Waals surface area contributed by atoms with Crippen molar-refractivity contribution in [3.8, 4) is 0 Å². The maximum absolute atomic E-state index is 10.3. The van der Waals surface area contributed by atoms with E-state index in [2.05, 4.69) is 5.32 Å². The van der Waals surface area contributed by atoms with E-state index in [0.29, 0.717) is 5.75 Å². The first-order valence-corrected chi connectivity index (χ1v) is 3.99. The molecule has 0 aromatic carbocycles. The molecule has 0 bridgehead atoms. The molecule has 1 saturated heterocycles. The summed E-state index contributed by atoms with van der Waals surface area (Å²) in [7, 11) is 0. The molecule has 5 nitrogen and oxygen atoms in total. The van der Waals surface area contributed by atoms with Crippen molar-refractivity contribution in [2.45, 2.75) is 11.4 Å². The molecule has 3 N–H and O–H groups in total. The molecule has 2 atom stereocenters. The van der Waals surface area contributed by atoms with Gasteiger partial charge in [0.25, 0.3) is 0 Å². The largest absolute Gasteiger partial charge is 0.480 e. The minimum atomic E-state index is -1.02. The number of thioether (sulfide) groups is 1. The smallest absolute Gasteiger partial charge is 0.331 e. The molecule has 6 heteroatoms. The van der Waals surface area contributed by atoms with Gasteiger partial charge in [-0.2, -0.15) is 0 Å². The standard InChI is InChI=1S/C5H7NO4S/c7-4(8)2-1-11-3(6-2)5(9)10/h2-3,6H,1H2,(H,7,8)(H,9,10)/t2-,3?/m1/s1. The molecule has 0 amide bonds. The Bertz CT molecular complexity index is 175. The summed E-state index contributed by atoms with van der Waals surface area (Å²) in [5.74, 6) is -1.70. The average molecular weight is 177 g/mol. The summed E-state index contributed by atoms with van der Waals surface area (Å²) in [5, 5.41) is 18.6. The number of aliphatic carboxylic acids is 2. The van der Waals surface area contributed by atoms with Gasteiger partial charge in [-0.05, 0) is 0 Å². The highest BCUT2D eigenvalue weighted by Gasteiger charge is 2.33. The Kier molecular flexibility index (Phi) is 2.35. The second-order valence-electron chi connectivity index (χ2n) is 2.11. The van der Waals surface area contributed by atoms with Crippen LogP contribution in [0.15, 0.2) is 0 Å². The number of carbonyl (C=O) groups is 2. The molecule has 0 spiro atoms. The van der Waals surface area contributed by atoms with Crippen LogP contribution in [0.25, 0.3) is 0 Å². The Morgan fingerprint density at radius 3 is 2.27 bits per heavy atom. The van der Waals surface area contributed by atoms with Crippen LogP contribution in [0.4, 0.5) is 0 Å². The summed E-state index contributed by atoms with van der Waals surface area (Å²) in [5.41, 5.74) is 0. The highest BCUT2D eigenvalue weighted by molar-refractivity contribution is 8.00. The van der Waals surface area contributed by atoms with E-state index in [-0.39, 0.29) is 0 Å². The molecular formula is C5H7NO4S. The zero-order valence-electron chi connectivity index (χ0n) is 5.48. The number of nitrogens with one attached hydrogen (secondary N) is 1. The van der Waals surface area contributed by atoms with E-state index in [9.17, 15) is 9.59 Å². The number of hydrogen-bond donors (Lipinski definition) is 3. The maximum Gasteiger partial charge on any atom is 0.331 e. The van der Waals surface area contributed by atoms with Crippen LogP contribution in [0.3, 0.4) is 0 Å². The number of carboxylic acid groups (broad SMARTS) is 2. The second kappa shape index (κ2) is 3.10. The fourth-order valence-corrected chi connectivity index (χ4v) is 1.78. The molecule has 1 unspecified atom stereocenters. The molecule has 1 fully saturated rings. The van der Waals surface area contributed by atoms with Crippen LogP contribution in [0, 0.1) is 0 Å². The highest BCUT2D eigenvalue weighted by Crippen LogP contribution is 2.18. The normalized spacial score (nSPS) is 30.2. The van der Waals surface area contributed by atoms with Gasteiger partial charge in [-0.3, -0.25) is 10.1 Å². The quantitative estimate of drug-likeness (QED) is 0.511. The average Bonchev–Trinajstić information content (AvgIpc) is 2.33. The van der Waals surface area contributed by atoms with Crippen LogP contribution < -0.4 is 5.32 Å². The van der Waals surface area contributed by atoms with Crippen LogP contribution >= 0.6 is 11.8 Å². The van der Waals surface area contributed by atoms with Crippen molar-refractivity contribution in [3.05, 3.63) is 0 Å². The van der Waals surface area contributed by atoms with Gasteiger partial charge in [-0.25, -0.2) is 4.79 Å². The molecule has 0 aromatic heterocycles. The first kappa shape index (κ1) is 8.35. The Hall–Kier alpha value is -0.750. The van der Waals surface area contributed by atoms with E-state index in [1.165, 1.54) is 0 Å². The fraction of sp³-hybridized carbons (Fsp3) is 0.600. The number of hydrogen-bond acceptors (Lipinski definition) is 4. The van der Waals surface area contributed by atoms with E-state index in [1.54, 1.807) is 0 Å². The summed E-state index contributed by atoms with van der Waals surface area (Å²) < 4.78 is 0. The molecule has 62 valence electrons. The molecular weight excluding hydrogens is 170 g/mol. The van der Waals surface area contributed by atoms with Crippen molar-refractivity contribution >= 4 is 23.7 Å². The van der Waals surface area contributed by atoms with Gasteiger partial charge < -0.3 is 10.2 Å². The molecule has 1 aliphatic heterocycles. The van der Waals surface area contributed by atoms with Crippen molar-refractivity contribution in [1.82, 2.24) is 5.32 Å². The molecule has 0 aliphatic carbocycles. The van der Waals surface area contributed by atoms with Gasteiger partial charge in [-0.1, -0.05) is 0 Å². The molecule has 1 heterocycles. The third-order valence-electron chi connectivity index (χ3n) is 1.30. The van der Waals surface area contributed by atoms with Gasteiger partial charge in [0.05, 0.1) is 0 Å². The van der Waals surface area contributed by atoms with Crippen molar-refractivity contribution in [2.75, 3.05) is 5.75 Å². The van der Waals surface area contributed by atoms with Gasteiger partial charge >= 0.3 is 11.9 Å². The number of carboxylic acids is 2. The minimum absolute atomic E-state index is 0.312. The monoisotopic (exact) mass is 177 g/mol. The Morgan fingerprint density at radius 1 is 1.36 bits per heavy atom. The topological polar surface area (TPSA) is 86.6 Å². The van der Waals surface area contributed by atoms with Crippen molar-refractivity contribution in [3.63, 3.8) is 0 Å². The summed E-state index contributed by atoms with van der Waals surface area (Å²) >= 11 is 1.10. The predicted octanol–water partition coefficient (Wildman–Crippen LogP) is -0.813. The SMILES string of the molecule is O=C(O)C1N[C@@H](C(=O)O)CS1. The first-order valence-electron chi connectivity index (χ1n) is 2.94. The first-order chi connectivity index (χ1) is 5.11. The second-order valence-corrected chi connectivity index (χ2v) is 3.25. The van der Waals surface area contributed by atoms with Crippen LogP contribution in [-0.4, -0.2) is 39.3 Å².